The predicted octanol–water partition coefficient (Wildman–Crippen LogP) is 3.38. The number of fused-ring (bicyclic) bond motifs is 1. The van der Waals surface area contributed by atoms with Crippen LogP contribution in [0.25, 0.3) is 21.3 Å². The van der Waals surface area contributed by atoms with Gasteiger partial charge in [0, 0.05) is 0 Å². The molecule has 0 spiro atoms. The van der Waals surface area contributed by atoms with Crippen molar-refractivity contribution in [3.63, 3.8) is 0 Å². The summed E-state index contributed by atoms with van der Waals surface area (Å²) in [5.41, 5.74) is 3.87. The molecule has 96 valence electrons. The Labute approximate surface area is 115 Å². The smallest absolute Gasteiger partial charge is 0.224 e. The predicted molar refractivity (Wildman–Crippen MR) is 76.7 cm³/mol. The van der Waals surface area contributed by atoms with E-state index in [1.54, 1.807) is 18.4 Å². The molecule has 2 aromatic heterocycles. The Kier molecular flexibility index (Phi) is 2.91. The standard InChI is InChI=1S/C14H13N3OS/c1-8-13(14(18-3)16-7-15-8)10-4-5-12-11(6-10)17-9(2)19-12/h4-7H,1-3H3. The summed E-state index contributed by atoms with van der Waals surface area (Å²) in [6.07, 6.45) is 1.52. The summed E-state index contributed by atoms with van der Waals surface area (Å²) < 4.78 is 6.52. The van der Waals surface area contributed by atoms with E-state index in [9.17, 15) is 0 Å². The quantitative estimate of drug-likeness (QED) is 0.717. The van der Waals surface area contributed by atoms with Crippen LogP contribution >= 0.6 is 11.3 Å². The van der Waals surface area contributed by atoms with E-state index >= 15 is 0 Å². The van der Waals surface area contributed by atoms with Crippen molar-refractivity contribution in [1.82, 2.24) is 15.0 Å². The Balaban J connectivity index is 2.23. The second kappa shape index (κ2) is 4.59. The van der Waals surface area contributed by atoms with E-state index in [0.29, 0.717) is 5.88 Å². The Hall–Kier alpha value is -2.01. The second-order valence-electron chi connectivity index (χ2n) is 4.26. The van der Waals surface area contributed by atoms with Gasteiger partial charge < -0.3 is 4.74 Å². The lowest BCUT2D eigenvalue weighted by atomic mass is 10.1. The maximum atomic E-state index is 5.33. The number of ether oxygens (including phenoxy) is 1. The molecule has 5 heteroatoms. The summed E-state index contributed by atoms with van der Waals surface area (Å²) in [6.45, 7) is 3.97. The van der Waals surface area contributed by atoms with Gasteiger partial charge in [-0.2, -0.15) is 0 Å². The van der Waals surface area contributed by atoms with Crippen LogP contribution in [0.15, 0.2) is 24.5 Å². The highest BCUT2D eigenvalue weighted by Gasteiger charge is 2.12. The molecule has 0 aliphatic carbocycles. The molecule has 0 saturated carbocycles. The third-order valence-electron chi connectivity index (χ3n) is 2.98. The average molecular weight is 271 g/mol. The fourth-order valence-electron chi connectivity index (χ4n) is 2.14. The first-order valence-electron chi connectivity index (χ1n) is 5.92. The SMILES string of the molecule is COc1ncnc(C)c1-c1ccc2sc(C)nc2c1. The fourth-order valence-corrected chi connectivity index (χ4v) is 2.94. The van der Waals surface area contributed by atoms with E-state index in [0.717, 1.165) is 27.3 Å². The molecule has 0 unspecified atom stereocenters. The van der Waals surface area contributed by atoms with Crippen LogP contribution in [0.3, 0.4) is 0 Å². The van der Waals surface area contributed by atoms with Gasteiger partial charge in [0.1, 0.15) is 6.33 Å². The minimum atomic E-state index is 0.596. The molecule has 0 N–H and O–H groups in total. The number of aryl methyl sites for hydroxylation is 2. The normalized spacial score (nSPS) is 10.9. The summed E-state index contributed by atoms with van der Waals surface area (Å²) in [4.78, 5) is 12.9. The number of hydrogen-bond acceptors (Lipinski definition) is 5. The van der Waals surface area contributed by atoms with Crippen LogP contribution in [0, 0.1) is 13.8 Å². The first-order chi connectivity index (χ1) is 9.19. The van der Waals surface area contributed by atoms with Crippen molar-refractivity contribution in [2.75, 3.05) is 7.11 Å². The summed E-state index contributed by atoms with van der Waals surface area (Å²) in [5, 5.41) is 1.07. The topological polar surface area (TPSA) is 47.9 Å². The molecule has 0 fully saturated rings. The molecule has 3 rings (SSSR count). The molecule has 0 aliphatic rings. The average Bonchev–Trinajstić information content (AvgIpc) is 2.77. The van der Waals surface area contributed by atoms with Gasteiger partial charge in [0.2, 0.25) is 5.88 Å². The third-order valence-corrected chi connectivity index (χ3v) is 3.93. The van der Waals surface area contributed by atoms with Gasteiger partial charge in [-0.15, -0.1) is 11.3 Å². The molecule has 0 amide bonds. The van der Waals surface area contributed by atoms with Gasteiger partial charge in [0.15, 0.2) is 0 Å². The minimum Gasteiger partial charge on any atom is -0.480 e. The number of rotatable bonds is 2. The number of aromatic nitrogens is 3. The lowest BCUT2D eigenvalue weighted by Crippen LogP contribution is -1.96. The monoisotopic (exact) mass is 271 g/mol. The van der Waals surface area contributed by atoms with Gasteiger partial charge >= 0.3 is 0 Å². The Bertz CT molecular complexity index is 752. The first kappa shape index (κ1) is 12.0. The van der Waals surface area contributed by atoms with Crippen molar-refractivity contribution in [3.8, 4) is 17.0 Å². The van der Waals surface area contributed by atoms with Gasteiger partial charge in [0.25, 0.3) is 0 Å². The molecule has 0 radical (unpaired) electrons. The van der Waals surface area contributed by atoms with Crippen molar-refractivity contribution in [2.24, 2.45) is 0 Å². The Morgan fingerprint density at radius 2 is 2.00 bits per heavy atom. The zero-order valence-electron chi connectivity index (χ0n) is 11.0. The van der Waals surface area contributed by atoms with Crippen molar-refractivity contribution in [3.05, 3.63) is 35.2 Å². The molecule has 0 aliphatic heterocycles. The largest absolute Gasteiger partial charge is 0.480 e. The molecule has 4 nitrogen and oxygen atoms in total. The highest BCUT2D eigenvalue weighted by atomic mass is 32.1. The van der Waals surface area contributed by atoms with Crippen LogP contribution in [0.5, 0.6) is 5.88 Å². The summed E-state index contributed by atoms with van der Waals surface area (Å²) in [7, 11) is 1.62. The van der Waals surface area contributed by atoms with Crippen LogP contribution < -0.4 is 4.74 Å². The zero-order chi connectivity index (χ0) is 13.4. The maximum absolute atomic E-state index is 5.33. The molecular weight excluding hydrogens is 258 g/mol. The highest BCUT2D eigenvalue weighted by Crippen LogP contribution is 2.33. The molecule has 1 aromatic carbocycles. The number of hydrogen-bond donors (Lipinski definition) is 0. The van der Waals surface area contributed by atoms with Crippen molar-refractivity contribution >= 4 is 21.6 Å². The Morgan fingerprint density at radius 1 is 1.16 bits per heavy atom. The number of benzene rings is 1. The summed E-state index contributed by atoms with van der Waals surface area (Å²) >= 11 is 1.70. The zero-order valence-corrected chi connectivity index (χ0v) is 11.8. The van der Waals surface area contributed by atoms with Gasteiger partial charge in [-0.25, -0.2) is 15.0 Å². The van der Waals surface area contributed by atoms with Crippen molar-refractivity contribution in [2.45, 2.75) is 13.8 Å². The van der Waals surface area contributed by atoms with E-state index in [-0.39, 0.29) is 0 Å². The molecular formula is C14H13N3OS. The highest BCUT2D eigenvalue weighted by molar-refractivity contribution is 7.18. The molecule has 0 bridgehead atoms. The van der Waals surface area contributed by atoms with Crippen molar-refractivity contribution in [1.29, 1.82) is 0 Å². The molecule has 19 heavy (non-hydrogen) atoms. The van der Waals surface area contributed by atoms with Crippen LogP contribution in [0.4, 0.5) is 0 Å². The van der Waals surface area contributed by atoms with Gasteiger partial charge in [-0.1, -0.05) is 6.07 Å². The van der Waals surface area contributed by atoms with Gasteiger partial charge in [0.05, 0.1) is 33.6 Å². The van der Waals surface area contributed by atoms with Gasteiger partial charge in [-0.3, -0.25) is 0 Å². The fraction of sp³-hybridized carbons (Fsp3) is 0.214. The lowest BCUT2D eigenvalue weighted by Gasteiger charge is -2.09. The van der Waals surface area contributed by atoms with Crippen LogP contribution in [0.1, 0.15) is 10.7 Å². The molecule has 0 saturated heterocycles. The summed E-state index contributed by atoms with van der Waals surface area (Å²) in [5.74, 6) is 0.596. The lowest BCUT2D eigenvalue weighted by molar-refractivity contribution is 0.398. The second-order valence-corrected chi connectivity index (χ2v) is 5.49. The number of nitrogens with zero attached hydrogens (tertiary/aromatic N) is 3. The van der Waals surface area contributed by atoms with Crippen LogP contribution in [-0.2, 0) is 0 Å². The molecule has 2 heterocycles. The molecule has 3 aromatic rings. The van der Waals surface area contributed by atoms with E-state index in [1.165, 1.54) is 11.0 Å². The Morgan fingerprint density at radius 3 is 2.79 bits per heavy atom. The minimum absolute atomic E-state index is 0.596. The van der Waals surface area contributed by atoms with Gasteiger partial charge in [-0.05, 0) is 31.5 Å². The van der Waals surface area contributed by atoms with E-state index in [4.69, 9.17) is 4.74 Å². The third kappa shape index (κ3) is 2.06. The van der Waals surface area contributed by atoms with Crippen LogP contribution in [0.2, 0.25) is 0 Å². The van der Waals surface area contributed by atoms with Crippen LogP contribution in [-0.4, -0.2) is 22.1 Å². The maximum Gasteiger partial charge on any atom is 0.224 e. The van der Waals surface area contributed by atoms with Crippen molar-refractivity contribution < 1.29 is 4.74 Å². The number of thiazole rings is 1. The summed E-state index contributed by atoms with van der Waals surface area (Å²) in [6, 6.07) is 6.21. The first-order valence-corrected chi connectivity index (χ1v) is 6.74. The van der Waals surface area contributed by atoms with E-state index in [1.807, 2.05) is 13.8 Å². The molecule has 0 atom stereocenters. The number of methoxy groups -OCH3 is 1. The van der Waals surface area contributed by atoms with E-state index in [2.05, 4.69) is 33.2 Å². The van der Waals surface area contributed by atoms with E-state index < -0.39 is 0 Å².